The highest BCUT2D eigenvalue weighted by Gasteiger charge is 2.19. The predicted octanol–water partition coefficient (Wildman–Crippen LogP) is 1.37. The van der Waals surface area contributed by atoms with E-state index in [4.69, 9.17) is 0 Å². The van der Waals surface area contributed by atoms with E-state index in [0.717, 1.165) is 5.56 Å². The van der Waals surface area contributed by atoms with Crippen LogP contribution < -0.4 is 10.6 Å². The Bertz CT molecular complexity index is 598. The Balaban J connectivity index is 2.31. The Morgan fingerprint density at radius 1 is 1.16 bits per heavy atom. The molecule has 0 aliphatic heterocycles. The molecule has 0 radical (unpaired) electrons. The van der Waals surface area contributed by atoms with Crippen LogP contribution in [0.15, 0.2) is 36.9 Å². The van der Waals surface area contributed by atoms with Crippen LogP contribution in [0.4, 0.5) is 0 Å². The van der Waals surface area contributed by atoms with Crippen LogP contribution in [0.1, 0.15) is 31.2 Å². The average molecular weight is 348 g/mol. The molecule has 0 aliphatic rings. The van der Waals surface area contributed by atoms with E-state index in [-0.39, 0.29) is 24.0 Å². The largest absolute Gasteiger partial charge is 0.508 e. The maximum Gasteiger partial charge on any atom is 0.326 e. The van der Waals surface area contributed by atoms with Gasteiger partial charge in [-0.3, -0.25) is 9.59 Å². The zero-order valence-electron chi connectivity index (χ0n) is 14.0. The van der Waals surface area contributed by atoms with Crippen molar-refractivity contribution in [1.82, 2.24) is 10.6 Å². The monoisotopic (exact) mass is 348 g/mol. The van der Waals surface area contributed by atoms with Crippen molar-refractivity contribution in [2.45, 2.75) is 38.1 Å². The summed E-state index contributed by atoms with van der Waals surface area (Å²) in [6.07, 6.45) is 3.29. The van der Waals surface area contributed by atoms with E-state index in [2.05, 4.69) is 17.2 Å². The number of nitrogens with one attached hydrogen (secondary N) is 2. The van der Waals surface area contributed by atoms with Crippen molar-refractivity contribution in [3.05, 3.63) is 42.5 Å². The fraction of sp³-hybridized carbons (Fsp3) is 0.389. The summed E-state index contributed by atoms with van der Waals surface area (Å²) < 4.78 is 0. The molecule has 1 rings (SSSR count). The third kappa shape index (κ3) is 8.55. The number of benzene rings is 1. The summed E-state index contributed by atoms with van der Waals surface area (Å²) in [7, 11) is 0. The van der Waals surface area contributed by atoms with Crippen molar-refractivity contribution in [1.29, 1.82) is 0 Å². The number of carbonyl (C=O) groups is 3. The number of hydrogen-bond acceptors (Lipinski definition) is 4. The predicted molar refractivity (Wildman–Crippen MR) is 93.1 cm³/mol. The molecular weight excluding hydrogens is 324 g/mol. The summed E-state index contributed by atoms with van der Waals surface area (Å²) in [6.45, 7) is 3.77. The number of aliphatic carboxylic acids is 1. The molecular formula is C18H24N2O5. The molecule has 1 atom stereocenters. The van der Waals surface area contributed by atoms with E-state index >= 15 is 0 Å². The molecule has 7 heteroatoms. The lowest BCUT2D eigenvalue weighted by Gasteiger charge is -2.14. The maximum atomic E-state index is 11.9. The second-order valence-electron chi connectivity index (χ2n) is 5.62. The van der Waals surface area contributed by atoms with E-state index in [9.17, 15) is 24.6 Å². The van der Waals surface area contributed by atoms with Gasteiger partial charge in [-0.2, -0.15) is 0 Å². The van der Waals surface area contributed by atoms with Crippen molar-refractivity contribution in [3.63, 3.8) is 0 Å². The number of aromatic hydroxyl groups is 1. The third-order valence-electron chi connectivity index (χ3n) is 3.61. The topological polar surface area (TPSA) is 116 Å². The lowest BCUT2D eigenvalue weighted by Crippen LogP contribution is -2.40. The molecule has 0 fully saturated rings. The van der Waals surface area contributed by atoms with Gasteiger partial charge < -0.3 is 20.8 Å². The number of unbranched alkanes of at least 4 members (excludes halogenated alkanes) is 1. The number of amides is 2. The van der Waals surface area contributed by atoms with Crippen LogP contribution in [0.2, 0.25) is 0 Å². The minimum Gasteiger partial charge on any atom is -0.508 e. The van der Waals surface area contributed by atoms with E-state index < -0.39 is 12.0 Å². The van der Waals surface area contributed by atoms with Crippen LogP contribution in [-0.4, -0.2) is 40.6 Å². The number of carboxylic acids is 1. The molecule has 0 unspecified atom stereocenters. The van der Waals surface area contributed by atoms with Gasteiger partial charge in [0.2, 0.25) is 11.8 Å². The van der Waals surface area contributed by atoms with Gasteiger partial charge in [0, 0.05) is 13.0 Å². The first-order valence-corrected chi connectivity index (χ1v) is 8.12. The first-order chi connectivity index (χ1) is 11.9. The van der Waals surface area contributed by atoms with Crippen molar-refractivity contribution in [2.75, 3.05) is 6.54 Å². The Hall–Kier alpha value is -2.83. The molecule has 0 spiro atoms. The van der Waals surface area contributed by atoms with Gasteiger partial charge in [0.05, 0.1) is 0 Å². The molecule has 0 bridgehead atoms. The molecule has 0 aliphatic carbocycles. The number of aryl methyl sites for hydroxylation is 1. The summed E-state index contributed by atoms with van der Waals surface area (Å²) in [5.41, 5.74) is 0.887. The van der Waals surface area contributed by atoms with Gasteiger partial charge >= 0.3 is 5.97 Å². The number of carboxylic acid groups (broad SMARTS) is 1. The van der Waals surface area contributed by atoms with E-state index in [1.54, 1.807) is 24.3 Å². The number of phenols is 1. The number of rotatable bonds is 11. The van der Waals surface area contributed by atoms with Gasteiger partial charge in [-0.15, -0.1) is 0 Å². The molecule has 25 heavy (non-hydrogen) atoms. The lowest BCUT2D eigenvalue weighted by molar-refractivity contribution is -0.142. The zero-order chi connectivity index (χ0) is 18.7. The molecule has 136 valence electrons. The highest BCUT2D eigenvalue weighted by atomic mass is 16.4. The molecule has 1 aromatic rings. The van der Waals surface area contributed by atoms with Crippen LogP contribution in [0.5, 0.6) is 5.75 Å². The third-order valence-corrected chi connectivity index (χ3v) is 3.61. The Kier molecular flexibility index (Phi) is 8.78. The van der Waals surface area contributed by atoms with Gasteiger partial charge in [0.25, 0.3) is 0 Å². The number of phenolic OH excluding ortho intramolecular Hbond substituents is 1. The fourth-order valence-corrected chi connectivity index (χ4v) is 2.20. The van der Waals surface area contributed by atoms with Crippen molar-refractivity contribution >= 4 is 17.8 Å². The van der Waals surface area contributed by atoms with E-state index in [0.29, 0.717) is 32.2 Å². The Morgan fingerprint density at radius 3 is 2.44 bits per heavy atom. The standard InChI is InChI=1S/C18H24N2O5/c1-2-16(22)19-12-4-3-5-15(18(24)25)20-17(23)11-8-13-6-9-14(21)10-7-13/h2,6-7,9-10,15,21H,1,3-5,8,11-12H2,(H,19,22)(H,20,23)(H,24,25)/t15-/m0/s1. The van der Waals surface area contributed by atoms with Crippen molar-refractivity contribution < 1.29 is 24.6 Å². The van der Waals surface area contributed by atoms with Gasteiger partial charge in [-0.25, -0.2) is 4.79 Å². The Morgan fingerprint density at radius 2 is 1.84 bits per heavy atom. The molecule has 0 aromatic heterocycles. The summed E-state index contributed by atoms with van der Waals surface area (Å²) in [6, 6.07) is 5.57. The molecule has 0 heterocycles. The molecule has 4 N–H and O–H groups in total. The van der Waals surface area contributed by atoms with Crippen LogP contribution in [-0.2, 0) is 20.8 Å². The molecule has 7 nitrogen and oxygen atoms in total. The minimum atomic E-state index is -1.08. The fourth-order valence-electron chi connectivity index (χ4n) is 2.20. The van der Waals surface area contributed by atoms with Crippen LogP contribution in [0.25, 0.3) is 0 Å². The highest BCUT2D eigenvalue weighted by Crippen LogP contribution is 2.11. The molecule has 1 aromatic carbocycles. The molecule has 2 amide bonds. The molecule has 0 saturated carbocycles. The van der Waals surface area contributed by atoms with Gasteiger partial charge in [-0.1, -0.05) is 18.7 Å². The second kappa shape index (κ2) is 10.9. The van der Waals surface area contributed by atoms with Gasteiger partial charge in [-0.05, 0) is 49.5 Å². The zero-order valence-corrected chi connectivity index (χ0v) is 14.0. The lowest BCUT2D eigenvalue weighted by atomic mass is 10.1. The highest BCUT2D eigenvalue weighted by molar-refractivity contribution is 5.86. The normalized spacial score (nSPS) is 11.4. The van der Waals surface area contributed by atoms with Crippen molar-refractivity contribution in [2.24, 2.45) is 0 Å². The summed E-state index contributed by atoms with van der Waals surface area (Å²) >= 11 is 0. The summed E-state index contributed by atoms with van der Waals surface area (Å²) in [5, 5.41) is 23.5. The van der Waals surface area contributed by atoms with Crippen LogP contribution in [0, 0.1) is 0 Å². The van der Waals surface area contributed by atoms with Crippen LogP contribution >= 0.6 is 0 Å². The summed E-state index contributed by atoms with van der Waals surface area (Å²) in [5.74, 6) is -1.52. The smallest absolute Gasteiger partial charge is 0.326 e. The molecule has 0 saturated heterocycles. The minimum absolute atomic E-state index is 0.156. The van der Waals surface area contributed by atoms with Gasteiger partial charge in [0.15, 0.2) is 0 Å². The number of hydrogen-bond donors (Lipinski definition) is 4. The average Bonchev–Trinajstić information content (AvgIpc) is 2.59. The van der Waals surface area contributed by atoms with E-state index in [1.165, 1.54) is 6.08 Å². The van der Waals surface area contributed by atoms with Crippen LogP contribution in [0.3, 0.4) is 0 Å². The van der Waals surface area contributed by atoms with Gasteiger partial charge in [0.1, 0.15) is 11.8 Å². The van der Waals surface area contributed by atoms with Crippen molar-refractivity contribution in [3.8, 4) is 5.75 Å². The first-order valence-electron chi connectivity index (χ1n) is 8.12. The summed E-state index contributed by atoms with van der Waals surface area (Å²) in [4.78, 5) is 34.1. The Labute approximate surface area is 146 Å². The SMILES string of the molecule is C=CC(=O)NCCCC[C@H](NC(=O)CCc1ccc(O)cc1)C(=O)O. The van der Waals surface area contributed by atoms with E-state index in [1.807, 2.05) is 0 Å². The quantitative estimate of drug-likeness (QED) is 0.356. The number of carbonyl (C=O) groups excluding carboxylic acids is 2. The first kappa shape index (κ1) is 20.2. The second-order valence-corrected chi connectivity index (χ2v) is 5.62. The maximum absolute atomic E-state index is 11.9.